The summed E-state index contributed by atoms with van der Waals surface area (Å²) in [5.74, 6) is 0.840. The molecular formula is C57H111NO7. The molecule has 0 amide bonds. The summed E-state index contributed by atoms with van der Waals surface area (Å²) in [6, 6.07) is 0. The standard InChI is InChI=1S/C57H111NO7/c1-5-9-13-17-21-23-27-31-40-52(38-29-25-19-15-11-7-3)50-64-56(60)42-33-35-46-62-54-48-58(44-37-45-59)49-55(54)63-47-36-34-43-57(61)65-51-53(39-30-26-20-16-12-8-4)41-32-28-24-22-18-14-10-6-2/h52-55,59H,5-51H2,1-4H3/t52?,53?,54-,55+. The average molecular weight is 923 g/mol. The van der Waals surface area contributed by atoms with E-state index in [1.165, 1.54) is 205 Å². The number of carbonyl (C=O) groups is 2. The number of unbranched alkanes of at least 4 members (excludes halogenated alkanes) is 26. The topological polar surface area (TPSA) is 94.5 Å². The van der Waals surface area contributed by atoms with Crippen molar-refractivity contribution < 1.29 is 33.6 Å². The van der Waals surface area contributed by atoms with Gasteiger partial charge in [0.15, 0.2) is 0 Å². The summed E-state index contributed by atoms with van der Waals surface area (Å²) in [7, 11) is 0. The van der Waals surface area contributed by atoms with Crippen LogP contribution in [0.4, 0.5) is 0 Å². The molecule has 386 valence electrons. The van der Waals surface area contributed by atoms with E-state index in [1.54, 1.807) is 0 Å². The summed E-state index contributed by atoms with van der Waals surface area (Å²) < 4.78 is 24.5. The molecule has 1 rings (SSSR count). The Bertz CT molecular complexity index is 938. The van der Waals surface area contributed by atoms with Gasteiger partial charge in [0.05, 0.1) is 25.4 Å². The van der Waals surface area contributed by atoms with Gasteiger partial charge in [-0.15, -0.1) is 0 Å². The van der Waals surface area contributed by atoms with E-state index in [-0.39, 0.29) is 30.8 Å². The van der Waals surface area contributed by atoms with Gasteiger partial charge < -0.3 is 24.1 Å². The van der Waals surface area contributed by atoms with E-state index >= 15 is 0 Å². The molecule has 1 fully saturated rings. The molecule has 2 unspecified atom stereocenters. The number of hydrogen-bond donors (Lipinski definition) is 1. The molecule has 0 saturated carbocycles. The molecule has 0 aliphatic carbocycles. The van der Waals surface area contributed by atoms with Gasteiger partial charge >= 0.3 is 11.9 Å². The lowest BCUT2D eigenvalue weighted by molar-refractivity contribution is -0.146. The molecule has 1 N–H and O–H groups in total. The Balaban J connectivity index is 2.41. The molecule has 4 atom stereocenters. The zero-order valence-electron chi connectivity index (χ0n) is 43.9. The molecule has 1 aliphatic rings. The van der Waals surface area contributed by atoms with Gasteiger partial charge in [-0.1, -0.05) is 207 Å². The molecule has 8 heteroatoms. The predicted octanol–water partition coefficient (Wildman–Crippen LogP) is 15.7. The second kappa shape index (κ2) is 47.8. The fourth-order valence-electron chi connectivity index (χ4n) is 9.58. The lowest BCUT2D eigenvalue weighted by Gasteiger charge is -2.20. The fourth-order valence-corrected chi connectivity index (χ4v) is 9.58. The zero-order valence-corrected chi connectivity index (χ0v) is 43.9. The van der Waals surface area contributed by atoms with Gasteiger partial charge in [0.1, 0.15) is 0 Å². The van der Waals surface area contributed by atoms with Gasteiger partial charge in [-0.05, 0) is 69.6 Å². The van der Waals surface area contributed by atoms with Crippen molar-refractivity contribution in [3.05, 3.63) is 0 Å². The first kappa shape index (κ1) is 61.8. The van der Waals surface area contributed by atoms with Crippen LogP contribution in [0.15, 0.2) is 0 Å². The number of hydrogen-bond acceptors (Lipinski definition) is 8. The number of aliphatic hydroxyl groups is 1. The quantitative estimate of drug-likeness (QED) is 0.0476. The van der Waals surface area contributed by atoms with Gasteiger partial charge in [0.2, 0.25) is 0 Å². The van der Waals surface area contributed by atoms with Crippen molar-refractivity contribution in [2.75, 3.05) is 52.7 Å². The number of carbonyl (C=O) groups excluding carboxylic acids is 2. The van der Waals surface area contributed by atoms with Crippen LogP contribution < -0.4 is 0 Å². The van der Waals surface area contributed by atoms with Gasteiger partial charge in [-0.25, -0.2) is 0 Å². The van der Waals surface area contributed by atoms with Crippen molar-refractivity contribution in [3.8, 4) is 0 Å². The Morgan fingerprint density at radius 3 is 1.05 bits per heavy atom. The van der Waals surface area contributed by atoms with Crippen LogP contribution in [0.5, 0.6) is 0 Å². The van der Waals surface area contributed by atoms with Crippen molar-refractivity contribution >= 4 is 11.9 Å². The Morgan fingerprint density at radius 1 is 0.431 bits per heavy atom. The molecular weight excluding hydrogens is 811 g/mol. The van der Waals surface area contributed by atoms with E-state index in [1.807, 2.05) is 0 Å². The third-order valence-electron chi connectivity index (χ3n) is 14.0. The Morgan fingerprint density at radius 2 is 0.738 bits per heavy atom. The SMILES string of the molecule is CCCCCCCCCCC(CCCCCCCC)COC(=O)CCCCO[C@H]1CN(CCCO)C[C@H]1OCCCCC(=O)OCC(CCCCCCCC)CCCCCCCCCC. The van der Waals surface area contributed by atoms with Crippen LogP contribution in [0, 0.1) is 11.8 Å². The van der Waals surface area contributed by atoms with Gasteiger partial charge in [-0.2, -0.15) is 0 Å². The minimum atomic E-state index is -0.0678. The van der Waals surface area contributed by atoms with Crippen molar-refractivity contribution in [2.24, 2.45) is 11.8 Å². The lowest BCUT2D eigenvalue weighted by atomic mass is 9.94. The van der Waals surface area contributed by atoms with Crippen LogP contribution in [0.3, 0.4) is 0 Å². The van der Waals surface area contributed by atoms with Crippen LogP contribution in [0.1, 0.15) is 278 Å². The second-order valence-electron chi connectivity index (χ2n) is 20.3. The normalized spacial score (nSPS) is 16.3. The molecule has 0 aromatic heterocycles. The van der Waals surface area contributed by atoms with Crippen molar-refractivity contribution in [3.63, 3.8) is 0 Å². The third kappa shape index (κ3) is 39.3. The third-order valence-corrected chi connectivity index (χ3v) is 14.0. The predicted molar refractivity (Wildman–Crippen MR) is 275 cm³/mol. The molecule has 0 aromatic carbocycles. The van der Waals surface area contributed by atoms with E-state index < -0.39 is 0 Å². The second-order valence-corrected chi connectivity index (χ2v) is 20.3. The summed E-state index contributed by atoms with van der Waals surface area (Å²) in [4.78, 5) is 28.0. The average Bonchev–Trinajstić information content (AvgIpc) is 3.70. The number of aliphatic hydroxyl groups excluding tert-OH is 1. The summed E-state index contributed by atoms with van der Waals surface area (Å²) >= 11 is 0. The van der Waals surface area contributed by atoms with Crippen LogP contribution in [-0.4, -0.2) is 86.8 Å². The molecule has 1 aliphatic heterocycles. The first-order valence-electron chi connectivity index (χ1n) is 28.8. The minimum absolute atomic E-state index is 0.0330. The van der Waals surface area contributed by atoms with Crippen molar-refractivity contribution in [1.82, 2.24) is 4.90 Å². The maximum Gasteiger partial charge on any atom is 0.305 e. The summed E-state index contributed by atoms with van der Waals surface area (Å²) in [6.07, 6.45) is 46.4. The van der Waals surface area contributed by atoms with Gasteiger partial charge in [0, 0.05) is 52.3 Å². The van der Waals surface area contributed by atoms with Crippen LogP contribution in [-0.2, 0) is 28.5 Å². The smallest absolute Gasteiger partial charge is 0.305 e. The van der Waals surface area contributed by atoms with Crippen molar-refractivity contribution in [1.29, 1.82) is 0 Å². The maximum atomic E-state index is 12.8. The summed E-state index contributed by atoms with van der Waals surface area (Å²) in [6.45, 7) is 14.0. The van der Waals surface area contributed by atoms with Crippen molar-refractivity contribution in [2.45, 2.75) is 290 Å². The number of likely N-dealkylation sites (tertiary alicyclic amines) is 1. The fraction of sp³-hybridized carbons (Fsp3) is 0.965. The number of nitrogens with zero attached hydrogens (tertiary/aromatic N) is 1. The monoisotopic (exact) mass is 922 g/mol. The Labute approximate surface area is 404 Å². The van der Waals surface area contributed by atoms with Gasteiger partial charge in [-0.3, -0.25) is 14.5 Å². The molecule has 0 aromatic rings. The van der Waals surface area contributed by atoms with Crippen LogP contribution in [0.25, 0.3) is 0 Å². The molecule has 1 saturated heterocycles. The molecule has 0 radical (unpaired) electrons. The number of ether oxygens (including phenoxy) is 4. The maximum absolute atomic E-state index is 12.8. The molecule has 0 bridgehead atoms. The molecule has 1 heterocycles. The molecule has 65 heavy (non-hydrogen) atoms. The van der Waals surface area contributed by atoms with E-state index in [4.69, 9.17) is 18.9 Å². The Hall–Kier alpha value is -1.22. The highest BCUT2D eigenvalue weighted by molar-refractivity contribution is 5.69. The van der Waals surface area contributed by atoms with E-state index in [0.29, 0.717) is 51.1 Å². The van der Waals surface area contributed by atoms with Crippen LogP contribution in [0.2, 0.25) is 0 Å². The highest BCUT2D eigenvalue weighted by Crippen LogP contribution is 2.23. The number of esters is 2. The largest absolute Gasteiger partial charge is 0.465 e. The first-order chi connectivity index (χ1) is 32.0. The van der Waals surface area contributed by atoms with E-state index in [2.05, 4.69) is 32.6 Å². The summed E-state index contributed by atoms with van der Waals surface area (Å²) in [5.41, 5.74) is 0. The highest BCUT2D eigenvalue weighted by Gasteiger charge is 2.34. The summed E-state index contributed by atoms with van der Waals surface area (Å²) in [5, 5.41) is 9.45. The highest BCUT2D eigenvalue weighted by atomic mass is 16.5. The zero-order chi connectivity index (χ0) is 47.1. The van der Waals surface area contributed by atoms with Crippen LogP contribution >= 0.6 is 0 Å². The van der Waals surface area contributed by atoms with E-state index in [9.17, 15) is 14.7 Å². The lowest BCUT2D eigenvalue weighted by Crippen LogP contribution is -2.30. The first-order valence-corrected chi connectivity index (χ1v) is 28.8. The molecule has 8 nitrogen and oxygen atoms in total. The van der Waals surface area contributed by atoms with E-state index in [0.717, 1.165) is 51.7 Å². The number of rotatable bonds is 51. The minimum Gasteiger partial charge on any atom is -0.465 e. The van der Waals surface area contributed by atoms with Gasteiger partial charge in [0.25, 0.3) is 0 Å². The Kier molecular flexibility index (Phi) is 45.5. The molecule has 0 spiro atoms.